The minimum atomic E-state index is 0.0934. The molecule has 2 fully saturated rings. The van der Waals surface area contributed by atoms with Gasteiger partial charge in [0.05, 0.1) is 41.3 Å². The number of rotatable bonds is 13. The lowest BCUT2D eigenvalue weighted by Gasteiger charge is -2.16. The van der Waals surface area contributed by atoms with E-state index >= 15 is 0 Å². The van der Waals surface area contributed by atoms with Crippen LogP contribution in [0.15, 0.2) is 54.9 Å². The Bertz CT molecular complexity index is 1690. The van der Waals surface area contributed by atoms with Crippen LogP contribution >= 0.6 is 23.2 Å². The van der Waals surface area contributed by atoms with Gasteiger partial charge in [-0.1, -0.05) is 59.6 Å². The van der Waals surface area contributed by atoms with Crippen LogP contribution in [-0.4, -0.2) is 66.2 Å². The topological polar surface area (TPSA) is 139 Å². The zero-order valence-electron chi connectivity index (χ0n) is 26.7. The van der Waals surface area contributed by atoms with Gasteiger partial charge >= 0.3 is 0 Å². The third-order valence-electron chi connectivity index (χ3n) is 8.59. The van der Waals surface area contributed by atoms with Crippen LogP contribution in [0.2, 0.25) is 10.0 Å². The van der Waals surface area contributed by atoms with Crippen molar-refractivity contribution < 1.29 is 19.1 Å². The number of nitrogens with zero attached hydrogens (tertiary/aromatic N) is 3. The number of carbonyl (C=O) groups is 2. The van der Waals surface area contributed by atoms with Gasteiger partial charge in [-0.25, -0.2) is 15.0 Å². The molecule has 6 rings (SSSR count). The number of hydrogen-bond acceptors (Lipinski definition) is 9. The van der Waals surface area contributed by atoms with Crippen molar-refractivity contribution in [3.05, 3.63) is 76.0 Å². The Hall–Kier alpha value is -4.29. The van der Waals surface area contributed by atoms with E-state index in [1.807, 2.05) is 48.5 Å². The summed E-state index contributed by atoms with van der Waals surface area (Å²) in [5, 5.41) is 13.5. The van der Waals surface area contributed by atoms with Gasteiger partial charge in [0.1, 0.15) is 12.1 Å². The normalized spacial score (nSPS) is 17.3. The molecule has 4 aromatic rings. The minimum absolute atomic E-state index is 0.0934. The highest BCUT2D eigenvalue weighted by Gasteiger charge is 2.23. The number of carbonyl (C=O) groups excluding carboxylic acids is 2. The Labute approximate surface area is 289 Å². The van der Waals surface area contributed by atoms with Crippen molar-refractivity contribution in [2.24, 2.45) is 0 Å². The summed E-state index contributed by atoms with van der Waals surface area (Å²) in [6, 6.07) is 15.6. The molecule has 2 saturated heterocycles. The molecule has 2 aliphatic rings. The first-order chi connectivity index (χ1) is 23.3. The van der Waals surface area contributed by atoms with Gasteiger partial charge in [0.15, 0.2) is 0 Å². The van der Waals surface area contributed by atoms with Crippen molar-refractivity contribution in [3.63, 3.8) is 0 Å². The highest BCUT2D eigenvalue weighted by Crippen LogP contribution is 2.41. The van der Waals surface area contributed by atoms with Crippen molar-refractivity contribution >= 4 is 35.0 Å². The van der Waals surface area contributed by atoms with Crippen LogP contribution in [0.1, 0.15) is 36.8 Å². The van der Waals surface area contributed by atoms with Gasteiger partial charge in [-0.15, -0.1) is 0 Å². The van der Waals surface area contributed by atoms with Crippen LogP contribution in [0.4, 0.5) is 0 Å². The second-order valence-corrected chi connectivity index (χ2v) is 12.6. The lowest BCUT2D eigenvalue weighted by molar-refractivity contribution is -0.120. The van der Waals surface area contributed by atoms with Gasteiger partial charge in [-0.2, -0.15) is 0 Å². The third-order valence-corrected chi connectivity index (χ3v) is 9.36. The van der Waals surface area contributed by atoms with Crippen molar-refractivity contribution in [3.8, 4) is 45.4 Å². The summed E-state index contributed by atoms with van der Waals surface area (Å²) in [4.78, 5) is 36.8. The lowest BCUT2D eigenvalue weighted by Crippen LogP contribution is -2.35. The van der Waals surface area contributed by atoms with E-state index in [-0.39, 0.29) is 23.9 Å². The number of methoxy groups -OCH3 is 2. The fraction of sp³-hybridized carbons (Fsp3) is 0.343. The quantitative estimate of drug-likeness (QED) is 0.154. The molecule has 2 unspecified atom stereocenters. The lowest BCUT2D eigenvalue weighted by atomic mass is 10.0. The second-order valence-electron chi connectivity index (χ2n) is 11.8. The molecular weight excluding hydrogens is 653 g/mol. The molecule has 2 aliphatic heterocycles. The number of pyridine rings is 1. The number of benzene rings is 2. The number of ether oxygens (including phenoxy) is 2. The average molecular weight is 691 g/mol. The molecule has 2 atom stereocenters. The molecule has 2 amide bonds. The van der Waals surface area contributed by atoms with Crippen molar-refractivity contribution in [2.75, 3.05) is 27.3 Å². The molecule has 0 radical (unpaired) electrons. The van der Waals surface area contributed by atoms with E-state index in [1.54, 1.807) is 14.2 Å². The van der Waals surface area contributed by atoms with Crippen LogP contribution in [0.25, 0.3) is 33.8 Å². The van der Waals surface area contributed by atoms with E-state index in [9.17, 15) is 9.59 Å². The van der Waals surface area contributed by atoms with Gasteiger partial charge in [0.2, 0.25) is 17.7 Å². The number of hydrogen-bond donors (Lipinski definition) is 4. The summed E-state index contributed by atoms with van der Waals surface area (Å²) < 4.78 is 11.3. The highest BCUT2D eigenvalue weighted by molar-refractivity contribution is 6.38. The molecule has 2 aromatic carbocycles. The molecule has 0 spiro atoms. The fourth-order valence-corrected chi connectivity index (χ4v) is 6.68. The van der Waals surface area contributed by atoms with Gasteiger partial charge in [0.25, 0.3) is 0 Å². The van der Waals surface area contributed by atoms with E-state index < -0.39 is 0 Å². The molecule has 250 valence electrons. The van der Waals surface area contributed by atoms with Crippen molar-refractivity contribution in [1.82, 2.24) is 36.2 Å². The van der Waals surface area contributed by atoms with Gasteiger partial charge in [0, 0.05) is 78.9 Å². The Kier molecular flexibility index (Phi) is 10.7. The zero-order chi connectivity index (χ0) is 33.6. The zero-order valence-corrected chi connectivity index (χ0v) is 28.3. The van der Waals surface area contributed by atoms with E-state index in [0.29, 0.717) is 88.9 Å². The maximum absolute atomic E-state index is 11.5. The smallest absolute Gasteiger partial charge is 0.220 e. The summed E-state index contributed by atoms with van der Waals surface area (Å²) >= 11 is 14.0. The first-order valence-electron chi connectivity index (χ1n) is 15.9. The van der Waals surface area contributed by atoms with Crippen LogP contribution in [0.5, 0.6) is 11.6 Å². The SMILES string of the molecule is COc1cc(-c2ncnc(-c3cccc(-c4ccc(CNCC5CCC(=O)N5)c(OC)n4)c3Cl)c2Cl)ccc1CNCC1CCC(=O)N1. The van der Waals surface area contributed by atoms with E-state index in [0.717, 1.165) is 29.5 Å². The number of nitrogens with one attached hydrogen (secondary N) is 4. The van der Waals surface area contributed by atoms with E-state index in [2.05, 4.69) is 31.2 Å². The Balaban J connectivity index is 1.20. The monoisotopic (exact) mass is 689 g/mol. The molecule has 13 heteroatoms. The summed E-state index contributed by atoms with van der Waals surface area (Å²) in [6.45, 7) is 2.47. The fourth-order valence-electron chi connectivity index (χ4n) is 6.06. The highest BCUT2D eigenvalue weighted by atomic mass is 35.5. The average Bonchev–Trinajstić information content (AvgIpc) is 3.72. The van der Waals surface area contributed by atoms with Crippen LogP contribution < -0.4 is 30.7 Å². The first kappa shape index (κ1) is 33.6. The maximum atomic E-state index is 11.5. The molecule has 4 N–H and O–H groups in total. The molecule has 48 heavy (non-hydrogen) atoms. The Morgan fingerprint density at radius 2 is 1.44 bits per heavy atom. The Morgan fingerprint density at radius 1 is 0.792 bits per heavy atom. The predicted molar refractivity (Wildman–Crippen MR) is 185 cm³/mol. The maximum Gasteiger partial charge on any atom is 0.220 e. The molecule has 0 bridgehead atoms. The van der Waals surface area contributed by atoms with Crippen molar-refractivity contribution in [2.45, 2.75) is 50.9 Å². The van der Waals surface area contributed by atoms with Gasteiger partial charge in [-0.3, -0.25) is 9.59 Å². The van der Waals surface area contributed by atoms with Crippen molar-refractivity contribution in [1.29, 1.82) is 0 Å². The summed E-state index contributed by atoms with van der Waals surface area (Å²) in [7, 11) is 3.21. The summed E-state index contributed by atoms with van der Waals surface area (Å²) in [5.41, 5.74) is 5.64. The summed E-state index contributed by atoms with van der Waals surface area (Å²) in [6.07, 6.45) is 4.27. The van der Waals surface area contributed by atoms with Crippen LogP contribution in [-0.2, 0) is 22.7 Å². The molecule has 11 nitrogen and oxygen atoms in total. The standard InChI is InChI=1S/C35H37Cl2N7O4/c1-47-28-14-20(6-7-21(28)15-38-17-23-9-12-29(45)42-23)33-32(37)34(41-19-40-33)26-5-3-4-25(31(26)36)27-11-8-22(35(44-27)48-2)16-39-18-24-10-13-30(46)43-24/h3-8,11,14,19,23-24,38-39H,9-10,12-13,15-18H2,1-2H3,(H,42,45)(H,43,46). The molecular formula is C35H37Cl2N7O4. The first-order valence-corrected chi connectivity index (χ1v) is 16.6. The summed E-state index contributed by atoms with van der Waals surface area (Å²) in [5.74, 6) is 1.37. The molecule has 2 aromatic heterocycles. The largest absolute Gasteiger partial charge is 0.496 e. The van der Waals surface area contributed by atoms with E-state index in [1.165, 1.54) is 6.33 Å². The van der Waals surface area contributed by atoms with E-state index in [4.69, 9.17) is 37.7 Å². The number of amides is 2. The van der Waals surface area contributed by atoms with Crippen LogP contribution in [0.3, 0.4) is 0 Å². The molecule has 0 saturated carbocycles. The molecule has 0 aliphatic carbocycles. The number of halogens is 2. The number of aromatic nitrogens is 3. The van der Waals surface area contributed by atoms with Crippen LogP contribution in [0, 0.1) is 0 Å². The van der Waals surface area contributed by atoms with Gasteiger partial charge in [-0.05, 0) is 25.0 Å². The molecule has 4 heterocycles. The van der Waals surface area contributed by atoms with Gasteiger partial charge < -0.3 is 30.7 Å². The third kappa shape index (κ3) is 7.55. The predicted octanol–water partition coefficient (Wildman–Crippen LogP) is 4.93. The Morgan fingerprint density at radius 3 is 2.08 bits per heavy atom. The second kappa shape index (κ2) is 15.3. The minimum Gasteiger partial charge on any atom is -0.496 e.